The van der Waals surface area contributed by atoms with E-state index in [1.807, 2.05) is 59.0 Å². The Morgan fingerprint density at radius 2 is 1.92 bits per heavy atom. The van der Waals surface area contributed by atoms with Gasteiger partial charge in [-0.2, -0.15) is 0 Å². The van der Waals surface area contributed by atoms with Crippen molar-refractivity contribution < 1.29 is 14.3 Å². The minimum atomic E-state index is -0.135. The van der Waals surface area contributed by atoms with Gasteiger partial charge in [0, 0.05) is 16.9 Å². The first-order valence-corrected chi connectivity index (χ1v) is 14.2. The first kappa shape index (κ1) is 24.8. The van der Waals surface area contributed by atoms with Gasteiger partial charge in [-0.25, -0.2) is 8.97 Å². The lowest BCUT2D eigenvalue weighted by molar-refractivity contribution is 0.00200. The molecule has 0 N–H and O–H groups in total. The molecule has 4 heterocycles. The zero-order valence-corrected chi connectivity index (χ0v) is 22.8. The minimum Gasteiger partial charge on any atom is -0.497 e. The van der Waals surface area contributed by atoms with Gasteiger partial charge < -0.3 is 9.47 Å². The number of ketones is 1. The second kappa shape index (κ2) is 10.0. The van der Waals surface area contributed by atoms with Crippen LogP contribution >= 0.6 is 23.1 Å². The third kappa shape index (κ3) is 4.22. The summed E-state index contributed by atoms with van der Waals surface area (Å²) in [5.74, 6) is 1.64. The van der Waals surface area contributed by atoms with Gasteiger partial charge in [-0.1, -0.05) is 55.9 Å². The number of hydrogen-bond acceptors (Lipinski definition) is 8. The molecule has 2 aromatic carbocycles. The van der Waals surface area contributed by atoms with E-state index >= 15 is 0 Å². The number of rotatable bonds is 7. The Morgan fingerprint density at radius 1 is 1.16 bits per heavy atom. The Balaban J connectivity index is 1.53. The lowest BCUT2D eigenvalue weighted by Crippen LogP contribution is -2.28. The van der Waals surface area contributed by atoms with E-state index in [1.165, 1.54) is 11.8 Å². The molecule has 0 saturated carbocycles. The predicted octanol–water partition coefficient (Wildman–Crippen LogP) is 5.18. The topological polar surface area (TPSA) is 87.7 Å². The van der Waals surface area contributed by atoms with Crippen molar-refractivity contribution in [3.63, 3.8) is 0 Å². The van der Waals surface area contributed by atoms with Gasteiger partial charge in [-0.15, -0.1) is 21.5 Å². The lowest BCUT2D eigenvalue weighted by Gasteiger charge is -2.26. The number of nitrogens with zero attached hydrogens (tertiary/aromatic N) is 4. The number of fused-ring (bicyclic) bond motifs is 5. The molecule has 0 spiro atoms. The van der Waals surface area contributed by atoms with Crippen molar-refractivity contribution in [1.82, 2.24) is 19.2 Å². The molecule has 0 aliphatic carbocycles. The molecule has 3 aromatic heterocycles. The molecule has 0 bridgehead atoms. The van der Waals surface area contributed by atoms with Gasteiger partial charge in [0.15, 0.2) is 10.9 Å². The van der Waals surface area contributed by atoms with Crippen LogP contribution in [0.5, 0.6) is 5.75 Å². The molecule has 1 aliphatic rings. The molecule has 5 aromatic rings. The van der Waals surface area contributed by atoms with Crippen LogP contribution in [0, 0.1) is 5.92 Å². The molecule has 0 saturated heterocycles. The number of methoxy groups -OCH3 is 1. The molecule has 38 heavy (non-hydrogen) atoms. The number of carbonyl (C=O) groups excluding carboxylic acids is 1. The summed E-state index contributed by atoms with van der Waals surface area (Å²) in [7, 11) is 1.61. The molecule has 8 nitrogen and oxygen atoms in total. The summed E-state index contributed by atoms with van der Waals surface area (Å²) in [4.78, 5) is 28.8. The number of thioether (sulfide) groups is 1. The summed E-state index contributed by atoms with van der Waals surface area (Å²) < 4.78 is 15.0. The lowest BCUT2D eigenvalue weighted by atomic mass is 9.96. The number of thiophene rings is 1. The molecule has 1 aliphatic heterocycles. The van der Waals surface area contributed by atoms with Crippen LogP contribution in [-0.4, -0.2) is 43.9 Å². The summed E-state index contributed by atoms with van der Waals surface area (Å²) in [6.07, 6.45) is 0.719. The number of carbonyl (C=O) groups is 1. The molecular weight excluding hydrogens is 520 g/mol. The summed E-state index contributed by atoms with van der Waals surface area (Å²) in [5.41, 5.74) is 2.22. The Labute approximate surface area is 227 Å². The van der Waals surface area contributed by atoms with Gasteiger partial charge in [-0.3, -0.25) is 9.59 Å². The van der Waals surface area contributed by atoms with Gasteiger partial charge >= 0.3 is 0 Å². The molecule has 0 fully saturated rings. The molecule has 10 heteroatoms. The van der Waals surface area contributed by atoms with Crippen molar-refractivity contribution in [2.24, 2.45) is 5.92 Å². The van der Waals surface area contributed by atoms with E-state index in [2.05, 4.69) is 24.0 Å². The second-order valence-electron chi connectivity index (χ2n) is 9.52. The smallest absolute Gasteiger partial charge is 0.268 e. The van der Waals surface area contributed by atoms with Crippen LogP contribution in [-0.2, 0) is 17.8 Å². The largest absolute Gasteiger partial charge is 0.497 e. The van der Waals surface area contributed by atoms with Crippen molar-refractivity contribution in [3.8, 4) is 11.4 Å². The van der Waals surface area contributed by atoms with Gasteiger partial charge in [0.25, 0.3) is 5.56 Å². The molecule has 1 atom stereocenters. The van der Waals surface area contributed by atoms with Crippen molar-refractivity contribution in [2.45, 2.75) is 38.1 Å². The summed E-state index contributed by atoms with van der Waals surface area (Å²) >= 11 is 2.86. The number of hydrogen-bond donors (Lipinski definition) is 0. The number of ether oxygens (including phenoxy) is 2. The quantitative estimate of drug-likeness (QED) is 0.205. The summed E-state index contributed by atoms with van der Waals surface area (Å²) in [5, 5.41) is 10.1. The predicted molar refractivity (Wildman–Crippen MR) is 149 cm³/mol. The SMILES string of the molecule is COc1ccc(-n2c(=O)c3c4c(sc3n3c(SCC(=O)c5ccccc5)nnc23)CO[C@H](C(C)C)C4)cc1. The van der Waals surface area contributed by atoms with Crippen LogP contribution in [0.2, 0.25) is 0 Å². The second-order valence-corrected chi connectivity index (χ2v) is 11.5. The highest BCUT2D eigenvalue weighted by Crippen LogP contribution is 2.37. The molecule has 0 radical (unpaired) electrons. The third-order valence-corrected chi connectivity index (χ3v) is 8.96. The molecule has 6 rings (SSSR count). The first-order valence-electron chi connectivity index (χ1n) is 12.4. The van der Waals surface area contributed by atoms with E-state index in [0.717, 1.165) is 15.3 Å². The molecule has 194 valence electrons. The highest BCUT2D eigenvalue weighted by Gasteiger charge is 2.30. The maximum atomic E-state index is 14.1. The number of Topliss-reactive ketones (excluding diaryl/α,β-unsaturated/α-hetero) is 1. The summed E-state index contributed by atoms with van der Waals surface area (Å²) in [6.45, 7) is 4.74. The standard InChI is InChI=1S/C28H26N4O4S2/c1-16(2)22-13-20-23(14-36-22)38-26-24(20)25(34)31(18-9-11-19(35-3)12-10-18)27-29-30-28(32(26)27)37-15-21(33)17-7-5-4-6-8-17/h4-12,16,22H,13-15H2,1-3H3/t22-/m0/s1. The third-order valence-electron chi connectivity index (χ3n) is 6.84. The fourth-order valence-electron chi connectivity index (χ4n) is 4.76. The minimum absolute atomic E-state index is 0.00530. The van der Waals surface area contributed by atoms with Crippen LogP contribution in [0.1, 0.15) is 34.6 Å². The maximum absolute atomic E-state index is 14.1. The average molecular weight is 547 g/mol. The molecule has 0 unspecified atom stereocenters. The fraction of sp³-hybridized carbons (Fsp3) is 0.286. The van der Waals surface area contributed by atoms with Crippen molar-refractivity contribution >= 4 is 44.9 Å². The summed E-state index contributed by atoms with van der Waals surface area (Å²) in [6, 6.07) is 16.5. The average Bonchev–Trinajstić information content (AvgIpc) is 3.54. The Kier molecular flexibility index (Phi) is 6.55. The molecular formula is C28H26N4O4S2. The van der Waals surface area contributed by atoms with E-state index in [1.54, 1.807) is 23.0 Å². The van der Waals surface area contributed by atoms with E-state index in [4.69, 9.17) is 9.47 Å². The van der Waals surface area contributed by atoms with Crippen LogP contribution in [0.3, 0.4) is 0 Å². The highest BCUT2D eigenvalue weighted by atomic mass is 32.2. The van der Waals surface area contributed by atoms with E-state index in [-0.39, 0.29) is 23.2 Å². The zero-order valence-electron chi connectivity index (χ0n) is 21.2. The van der Waals surface area contributed by atoms with Crippen molar-refractivity contribution in [1.29, 1.82) is 0 Å². The van der Waals surface area contributed by atoms with Gasteiger partial charge in [0.05, 0.1) is 36.6 Å². The number of benzene rings is 2. The normalized spacial score (nSPS) is 15.3. The Morgan fingerprint density at radius 3 is 2.63 bits per heavy atom. The number of aromatic nitrogens is 4. The van der Waals surface area contributed by atoms with Gasteiger partial charge in [-0.05, 0) is 35.7 Å². The van der Waals surface area contributed by atoms with Crippen LogP contribution in [0.25, 0.3) is 21.7 Å². The Hall–Kier alpha value is -3.47. The fourth-order valence-corrected chi connectivity index (χ4v) is 6.89. The van der Waals surface area contributed by atoms with E-state index in [0.29, 0.717) is 52.3 Å². The zero-order chi connectivity index (χ0) is 26.4. The molecule has 0 amide bonds. The maximum Gasteiger partial charge on any atom is 0.268 e. The van der Waals surface area contributed by atoms with Crippen LogP contribution < -0.4 is 10.3 Å². The first-order chi connectivity index (χ1) is 18.5. The van der Waals surface area contributed by atoms with Crippen LogP contribution in [0.15, 0.2) is 64.5 Å². The highest BCUT2D eigenvalue weighted by molar-refractivity contribution is 7.99. The van der Waals surface area contributed by atoms with E-state index < -0.39 is 0 Å². The van der Waals surface area contributed by atoms with E-state index in [9.17, 15) is 9.59 Å². The monoisotopic (exact) mass is 546 g/mol. The van der Waals surface area contributed by atoms with Gasteiger partial charge in [0.1, 0.15) is 10.6 Å². The van der Waals surface area contributed by atoms with Crippen molar-refractivity contribution in [2.75, 3.05) is 12.9 Å². The van der Waals surface area contributed by atoms with Crippen LogP contribution in [0.4, 0.5) is 0 Å². The van der Waals surface area contributed by atoms with Crippen molar-refractivity contribution in [3.05, 3.63) is 81.0 Å². The van der Waals surface area contributed by atoms with Gasteiger partial charge in [0.2, 0.25) is 5.78 Å². The Bertz CT molecular complexity index is 1700.